The third-order valence-electron chi connectivity index (χ3n) is 4.02. The van der Waals surface area contributed by atoms with Crippen molar-refractivity contribution in [2.24, 2.45) is 0 Å². The Kier molecular flexibility index (Phi) is 6.06. The number of carbonyl (C=O) groups is 1. The first-order valence-electron chi connectivity index (χ1n) is 8.71. The molecule has 1 aromatic carbocycles. The second kappa shape index (κ2) is 8.67. The molecule has 28 heavy (non-hydrogen) atoms. The largest absolute Gasteiger partial charge is 0.490 e. The summed E-state index contributed by atoms with van der Waals surface area (Å²) in [5, 5.41) is 3.15. The number of nitrogens with one attached hydrogen (secondary N) is 2. The third-order valence-corrected chi connectivity index (χ3v) is 4.32. The van der Waals surface area contributed by atoms with E-state index in [0.717, 1.165) is 0 Å². The molecule has 0 radical (unpaired) electrons. The second-order valence-electron chi connectivity index (χ2n) is 5.99. The van der Waals surface area contributed by atoms with Crippen LogP contribution < -0.4 is 15.6 Å². The first kappa shape index (κ1) is 19.6. The van der Waals surface area contributed by atoms with E-state index >= 15 is 0 Å². The summed E-state index contributed by atoms with van der Waals surface area (Å²) < 4.78 is 5.50. The molecule has 0 fully saturated rings. The molecule has 0 atom stereocenters. The molecule has 0 spiro atoms. The molecule has 2 aromatic heterocycles. The molecule has 7 nitrogen and oxygen atoms in total. The minimum absolute atomic E-state index is 0.125. The number of hydrogen-bond acceptors (Lipinski definition) is 5. The minimum atomic E-state index is -0.368. The van der Waals surface area contributed by atoms with Crippen LogP contribution in [0.2, 0.25) is 5.02 Å². The number of anilines is 1. The molecule has 2 N–H and O–H groups in total. The van der Waals surface area contributed by atoms with E-state index in [-0.39, 0.29) is 17.9 Å². The normalized spacial score (nSPS) is 10.5. The lowest BCUT2D eigenvalue weighted by Gasteiger charge is -2.13. The fraction of sp³-hybridized carbons (Fsp3) is 0.200. The Hall–Kier alpha value is -3.19. The SMILES string of the molecule is CCOc1c(Cl)cccc1NC(=O)Cc1c(C)nc(-c2cccnc2)[nH]c1=O. The van der Waals surface area contributed by atoms with Gasteiger partial charge in [0.05, 0.1) is 23.7 Å². The van der Waals surface area contributed by atoms with E-state index in [1.165, 1.54) is 0 Å². The van der Waals surface area contributed by atoms with E-state index < -0.39 is 0 Å². The molecule has 1 amide bonds. The van der Waals surface area contributed by atoms with Crippen LogP contribution in [-0.2, 0) is 11.2 Å². The van der Waals surface area contributed by atoms with Gasteiger partial charge in [0.15, 0.2) is 5.75 Å². The Labute approximate surface area is 166 Å². The Morgan fingerprint density at radius 3 is 2.79 bits per heavy atom. The van der Waals surface area contributed by atoms with Crippen LogP contribution in [0.5, 0.6) is 5.75 Å². The van der Waals surface area contributed by atoms with Crippen LogP contribution in [0.1, 0.15) is 18.2 Å². The molecule has 0 saturated carbocycles. The van der Waals surface area contributed by atoms with Gasteiger partial charge in [0, 0.05) is 29.2 Å². The lowest BCUT2D eigenvalue weighted by atomic mass is 10.1. The van der Waals surface area contributed by atoms with Crippen LogP contribution in [0.15, 0.2) is 47.5 Å². The number of amides is 1. The molecule has 0 bridgehead atoms. The molecule has 3 rings (SSSR count). The third kappa shape index (κ3) is 4.37. The molecule has 0 saturated heterocycles. The number of hydrogen-bond donors (Lipinski definition) is 2. The quantitative estimate of drug-likeness (QED) is 0.663. The van der Waals surface area contributed by atoms with Crippen LogP contribution in [0, 0.1) is 6.92 Å². The summed E-state index contributed by atoms with van der Waals surface area (Å²) in [5.74, 6) is 0.441. The number of para-hydroxylation sites is 1. The van der Waals surface area contributed by atoms with Crippen LogP contribution in [0.3, 0.4) is 0 Å². The van der Waals surface area contributed by atoms with Gasteiger partial charge in [-0.05, 0) is 38.1 Å². The van der Waals surface area contributed by atoms with Crippen LogP contribution >= 0.6 is 11.6 Å². The molecular formula is C20H19ClN4O3. The number of benzene rings is 1. The van der Waals surface area contributed by atoms with Crippen molar-refractivity contribution in [1.82, 2.24) is 15.0 Å². The number of aromatic amines is 1. The average Bonchev–Trinajstić information content (AvgIpc) is 2.68. The second-order valence-corrected chi connectivity index (χ2v) is 6.40. The monoisotopic (exact) mass is 398 g/mol. The Morgan fingerprint density at radius 2 is 2.11 bits per heavy atom. The zero-order valence-corrected chi connectivity index (χ0v) is 16.2. The molecule has 0 aliphatic carbocycles. The lowest BCUT2D eigenvalue weighted by molar-refractivity contribution is -0.115. The van der Waals surface area contributed by atoms with E-state index in [1.807, 2.05) is 6.92 Å². The number of carbonyl (C=O) groups excluding carboxylic acids is 1. The molecule has 0 aliphatic heterocycles. The van der Waals surface area contributed by atoms with Crippen molar-refractivity contribution in [3.8, 4) is 17.1 Å². The van der Waals surface area contributed by atoms with Gasteiger partial charge in [0.25, 0.3) is 5.56 Å². The number of rotatable bonds is 6. The summed E-state index contributed by atoms with van der Waals surface area (Å²) in [5.41, 5.74) is 1.56. The van der Waals surface area contributed by atoms with Crippen molar-refractivity contribution in [2.75, 3.05) is 11.9 Å². The Balaban J connectivity index is 1.82. The average molecular weight is 399 g/mol. The maximum absolute atomic E-state index is 12.5. The highest BCUT2D eigenvalue weighted by atomic mass is 35.5. The predicted octanol–water partition coefficient (Wildman–Crippen LogP) is 3.37. The maximum atomic E-state index is 12.5. The highest BCUT2D eigenvalue weighted by Gasteiger charge is 2.16. The summed E-state index contributed by atoms with van der Waals surface area (Å²) in [6.07, 6.45) is 3.12. The van der Waals surface area contributed by atoms with Crippen molar-refractivity contribution in [2.45, 2.75) is 20.3 Å². The number of ether oxygens (including phenoxy) is 1. The van der Waals surface area contributed by atoms with Gasteiger partial charge in [-0.2, -0.15) is 0 Å². The molecule has 144 valence electrons. The summed E-state index contributed by atoms with van der Waals surface area (Å²) in [6.45, 7) is 3.93. The number of aryl methyl sites for hydroxylation is 1. The minimum Gasteiger partial charge on any atom is -0.490 e. The van der Waals surface area contributed by atoms with Gasteiger partial charge in [0.2, 0.25) is 5.91 Å². The van der Waals surface area contributed by atoms with Gasteiger partial charge in [0.1, 0.15) is 5.82 Å². The number of H-pyrrole nitrogens is 1. The van der Waals surface area contributed by atoms with Gasteiger partial charge in [-0.15, -0.1) is 0 Å². The van der Waals surface area contributed by atoms with E-state index in [0.29, 0.717) is 45.7 Å². The van der Waals surface area contributed by atoms with Crippen molar-refractivity contribution in [1.29, 1.82) is 0 Å². The van der Waals surface area contributed by atoms with E-state index in [9.17, 15) is 9.59 Å². The van der Waals surface area contributed by atoms with Crippen LogP contribution in [-0.4, -0.2) is 27.5 Å². The smallest absolute Gasteiger partial charge is 0.255 e. The molecule has 2 heterocycles. The van der Waals surface area contributed by atoms with Crippen molar-refractivity contribution < 1.29 is 9.53 Å². The first-order chi connectivity index (χ1) is 13.5. The van der Waals surface area contributed by atoms with Crippen molar-refractivity contribution in [3.63, 3.8) is 0 Å². The number of aromatic nitrogens is 3. The fourth-order valence-electron chi connectivity index (χ4n) is 2.71. The molecular weight excluding hydrogens is 380 g/mol. The lowest BCUT2D eigenvalue weighted by Crippen LogP contribution is -2.24. The van der Waals surface area contributed by atoms with Gasteiger partial charge in [-0.3, -0.25) is 14.6 Å². The van der Waals surface area contributed by atoms with E-state index in [1.54, 1.807) is 49.6 Å². The van der Waals surface area contributed by atoms with E-state index in [2.05, 4.69) is 20.3 Å². The first-order valence-corrected chi connectivity index (χ1v) is 9.08. The zero-order valence-electron chi connectivity index (χ0n) is 15.5. The van der Waals surface area contributed by atoms with Gasteiger partial charge < -0.3 is 15.0 Å². The summed E-state index contributed by atoms with van der Waals surface area (Å²) in [6, 6.07) is 8.63. The molecule has 0 aliphatic rings. The summed E-state index contributed by atoms with van der Waals surface area (Å²) >= 11 is 6.13. The Morgan fingerprint density at radius 1 is 1.29 bits per heavy atom. The van der Waals surface area contributed by atoms with Gasteiger partial charge in [-0.25, -0.2) is 4.98 Å². The topological polar surface area (TPSA) is 97.0 Å². The maximum Gasteiger partial charge on any atom is 0.255 e. The van der Waals surface area contributed by atoms with Crippen molar-refractivity contribution >= 4 is 23.2 Å². The summed E-state index contributed by atoms with van der Waals surface area (Å²) in [4.78, 5) is 36.1. The molecule has 8 heteroatoms. The highest BCUT2D eigenvalue weighted by molar-refractivity contribution is 6.32. The van der Waals surface area contributed by atoms with Crippen LogP contribution in [0.4, 0.5) is 5.69 Å². The highest BCUT2D eigenvalue weighted by Crippen LogP contribution is 2.32. The predicted molar refractivity (Wildman–Crippen MR) is 108 cm³/mol. The Bertz CT molecular complexity index is 1050. The number of nitrogens with zero attached hydrogens (tertiary/aromatic N) is 2. The fourth-order valence-corrected chi connectivity index (χ4v) is 2.94. The number of pyridine rings is 1. The zero-order chi connectivity index (χ0) is 20.1. The molecule has 0 unspecified atom stereocenters. The summed E-state index contributed by atoms with van der Waals surface area (Å²) in [7, 11) is 0. The molecule has 3 aromatic rings. The van der Waals surface area contributed by atoms with Crippen LogP contribution in [0.25, 0.3) is 11.4 Å². The standard InChI is InChI=1S/C20H19ClN4O3/c1-3-28-18-15(21)7-4-8-16(18)24-17(26)10-14-12(2)23-19(25-20(14)27)13-6-5-9-22-11-13/h4-9,11H,3,10H2,1-2H3,(H,24,26)(H,23,25,27). The number of halogens is 1. The van der Waals surface area contributed by atoms with Gasteiger partial charge >= 0.3 is 0 Å². The van der Waals surface area contributed by atoms with Crippen molar-refractivity contribution in [3.05, 3.63) is 69.4 Å². The van der Waals surface area contributed by atoms with Gasteiger partial charge in [-0.1, -0.05) is 17.7 Å². The van der Waals surface area contributed by atoms with E-state index in [4.69, 9.17) is 16.3 Å².